The number of fused-ring (bicyclic) bond motifs is 1. The lowest BCUT2D eigenvalue weighted by atomic mass is 9.87. The van der Waals surface area contributed by atoms with Crippen LogP contribution >= 0.6 is 0 Å². The van der Waals surface area contributed by atoms with Crippen LogP contribution in [0.2, 0.25) is 0 Å². The van der Waals surface area contributed by atoms with E-state index in [9.17, 15) is 4.79 Å². The van der Waals surface area contributed by atoms with E-state index in [0.29, 0.717) is 6.42 Å². The summed E-state index contributed by atoms with van der Waals surface area (Å²) in [4.78, 5) is 18.4. The first-order valence-electron chi connectivity index (χ1n) is 9.74. The minimum absolute atomic E-state index is 0.0292. The molecule has 1 saturated heterocycles. The smallest absolute Gasteiger partial charge is 0.223 e. The second-order valence-corrected chi connectivity index (χ2v) is 7.26. The molecule has 27 heavy (non-hydrogen) atoms. The second kappa shape index (κ2) is 7.87. The number of nitrogens with one attached hydrogen (secondary N) is 1. The Morgan fingerprint density at radius 1 is 1.07 bits per heavy atom. The van der Waals surface area contributed by atoms with Crippen molar-refractivity contribution >= 4 is 16.8 Å². The number of likely N-dealkylation sites (tertiary alicyclic amines) is 1. The van der Waals surface area contributed by atoms with Gasteiger partial charge in [-0.1, -0.05) is 30.3 Å². The highest BCUT2D eigenvalue weighted by Crippen LogP contribution is 2.34. The monoisotopic (exact) mass is 362 g/mol. The predicted molar refractivity (Wildman–Crippen MR) is 108 cm³/mol. The number of hydrogen-bond acceptors (Lipinski definition) is 2. The van der Waals surface area contributed by atoms with Crippen molar-refractivity contribution < 1.29 is 9.53 Å². The van der Waals surface area contributed by atoms with Crippen molar-refractivity contribution in [1.82, 2.24) is 9.88 Å². The summed E-state index contributed by atoms with van der Waals surface area (Å²) in [5, 5.41) is 1.18. The lowest BCUT2D eigenvalue weighted by Crippen LogP contribution is -2.36. The number of amides is 1. The molecule has 1 N–H and O–H groups in total. The Bertz CT molecular complexity index is 908. The minimum atomic E-state index is 0.0292. The van der Waals surface area contributed by atoms with Crippen LogP contribution in [0.15, 0.2) is 54.7 Å². The number of methoxy groups -OCH3 is 1. The highest BCUT2D eigenvalue weighted by Gasteiger charge is 2.25. The summed E-state index contributed by atoms with van der Waals surface area (Å²) in [7, 11) is 1.67. The van der Waals surface area contributed by atoms with Gasteiger partial charge in [0.15, 0.2) is 0 Å². The maximum absolute atomic E-state index is 13.0. The van der Waals surface area contributed by atoms with E-state index in [1.165, 1.54) is 17.4 Å². The first-order chi connectivity index (χ1) is 13.3. The van der Waals surface area contributed by atoms with Gasteiger partial charge in [-0.15, -0.1) is 0 Å². The van der Waals surface area contributed by atoms with Crippen LogP contribution in [0, 0.1) is 0 Å². The van der Waals surface area contributed by atoms with Gasteiger partial charge >= 0.3 is 0 Å². The number of rotatable bonds is 5. The Hall–Kier alpha value is -2.75. The third-order valence-electron chi connectivity index (χ3n) is 5.60. The third kappa shape index (κ3) is 3.70. The quantitative estimate of drug-likeness (QED) is 0.714. The van der Waals surface area contributed by atoms with Crippen LogP contribution in [0.3, 0.4) is 0 Å². The standard InChI is InChI=1S/C23H26N2O2/c1-27-18-11-9-17(10-12-18)20(15-23(26)25-13-5-2-6-14-25)21-16-24-22-8-4-3-7-19(21)22/h3-4,7-12,16,20,24H,2,5-6,13-15H2,1H3. The van der Waals surface area contributed by atoms with Crippen LogP contribution in [0.1, 0.15) is 42.7 Å². The van der Waals surface area contributed by atoms with Crippen LogP contribution in [0.4, 0.5) is 0 Å². The molecule has 4 heteroatoms. The summed E-state index contributed by atoms with van der Waals surface area (Å²) in [6, 6.07) is 16.4. The molecule has 1 aliphatic heterocycles. The molecular weight excluding hydrogens is 336 g/mol. The van der Waals surface area contributed by atoms with Crippen LogP contribution in [0.5, 0.6) is 5.75 Å². The third-order valence-corrected chi connectivity index (χ3v) is 5.60. The molecule has 0 radical (unpaired) electrons. The molecular formula is C23H26N2O2. The van der Waals surface area contributed by atoms with Gasteiger partial charge in [-0.25, -0.2) is 0 Å². The number of carbonyl (C=O) groups is 1. The molecule has 1 atom stereocenters. The van der Waals surface area contributed by atoms with E-state index in [-0.39, 0.29) is 11.8 Å². The molecule has 0 bridgehead atoms. The summed E-state index contributed by atoms with van der Waals surface area (Å²) >= 11 is 0. The summed E-state index contributed by atoms with van der Waals surface area (Å²) in [5.74, 6) is 1.11. The molecule has 0 aliphatic carbocycles. The number of H-pyrrole nitrogens is 1. The molecule has 1 aliphatic rings. The van der Waals surface area contributed by atoms with Gasteiger partial charge in [0.1, 0.15) is 5.75 Å². The summed E-state index contributed by atoms with van der Waals surface area (Å²) in [6.07, 6.45) is 6.02. The van der Waals surface area contributed by atoms with Crippen molar-refractivity contribution in [3.05, 3.63) is 65.9 Å². The average molecular weight is 362 g/mol. The van der Waals surface area contributed by atoms with Crippen molar-refractivity contribution in [2.24, 2.45) is 0 Å². The van der Waals surface area contributed by atoms with Crippen LogP contribution < -0.4 is 4.74 Å². The number of nitrogens with zero attached hydrogens (tertiary/aromatic N) is 1. The predicted octanol–water partition coefficient (Wildman–Crippen LogP) is 4.71. The van der Waals surface area contributed by atoms with Crippen molar-refractivity contribution in [1.29, 1.82) is 0 Å². The normalized spacial score (nSPS) is 15.7. The zero-order valence-corrected chi connectivity index (χ0v) is 15.8. The largest absolute Gasteiger partial charge is 0.497 e. The average Bonchev–Trinajstić information content (AvgIpc) is 3.16. The number of benzene rings is 2. The molecule has 4 rings (SSSR count). The lowest BCUT2D eigenvalue weighted by molar-refractivity contribution is -0.132. The van der Waals surface area contributed by atoms with Gasteiger partial charge in [0.25, 0.3) is 0 Å². The van der Waals surface area contributed by atoms with Gasteiger partial charge < -0.3 is 14.6 Å². The van der Waals surface area contributed by atoms with Gasteiger partial charge in [0.2, 0.25) is 5.91 Å². The highest BCUT2D eigenvalue weighted by atomic mass is 16.5. The van der Waals surface area contributed by atoms with Crippen LogP contribution in [-0.4, -0.2) is 36.0 Å². The molecule has 0 saturated carbocycles. The molecule has 1 unspecified atom stereocenters. The maximum Gasteiger partial charge on any atom is 0.223 e. The van der Waals surface area contributed by atoms with Crippen LogP contribution in [0.25, 0.3) is 10.9 Å². The number of aromatic nitrogens is 1. The van der Waals surface area contributed by atoms with Gasteiger partial charge in [0.05, 0.1) is 7.11 Å². The van der Waals surface area contributed by atoms with E-state index in [0.717, 1.165) is 42.8 Å². The molecule has 4 nitrogen and oxygen atoms in total. The molecule has 2 aromatic carbocycles. The molecule has 1 amide bonds. The van der Waals surface area contributed by atoms with Crippen molar-refractivity contribution in [3.63, 3.8) is 0 Å². The zero-order chi connectivity index (χ0) is 18.6. The Morgan fingerprint density at radius 3 is 2.56 bits per heavy atom. The Labute approximate surface area is 160 Å². The number of ether oxygens (including phenoxy) is 1. The summed E-state index contributed by atoms with van der Waals surface area (Å²) < 4.78 is 5.30. The number of para-hydroxylation sites is 1. The van der Waals surface area contributed by atoms with E-state index in [4.69, 9.17) is 4.74 Å². The molecule has 2 heterocycles. The lowest BCUT2D eigenvalue weighted by Gasteiger charge is -2.28. The maximum atomic E-state index is 13.0. The highest BCUT2D eigenvalue weighted by molar-refractivity contribution is 5.86. The number of aromatic amines is 1. The van der Waals surface area contributed by atoms with E-state index >= 15 is 0 Å². The van der Waals surface area contributed by atoms with Gasteiger partial charge in [-0.3, -0.25) is 4.79 Å². The molecule has 1 fully saturated rings. The molecule has 1 aromatic heterocycles. The second-order valence-electron chi connectivity index (χ2n) is 7.26. The van der Waals surface area contributed by atoms with Gasteiger partial charge in [-0.2, -0.15) is 0 Å². The SMILES string of the molecule is COc1ccc(C(CC(=O)N2CCCCC2)c2c[nH]c3ccccc23)cc1. The van der Waals surface area contributed by atoms with Crippen molar-refractivity contribution in [3.8, 4) is 5.75 Å². The number of piperidine rings is 1. The summed E-state index contributed by atoms with van der Waals surface area (Å²) in [6.45, 7) is 1.78. The fourth-order valence-electron chi connectivity index (χ4n) is 4.07. The molecule has 140 valence electrons. The first kappa shape index (κ1) is 17.7. The zero-order valence-electron chi connectivity index (χ0n) is 15.8. The van der Waals surface area contributed by atoms with E-state index in [1.807, 2.05) is 23.1 Å². The Balaban J connectivity index is 1.69. The Kier molecular flexibility index (Phi) is 5.14. The minimum Gasteiger partial charge on any atom is -0.497 e. The van der Waals surface area contributed by atoms with Gasteiger partial charge in [-0.05, 0) is 48.6 Å². The van der Waals surface area contributed by atoms with Crippen LogP contribution in [-0.2, 0) is 4.79 Å². The topological polar surface area (TPSA) is 45.3 Å². The summed E-state index contributed by atoms with van der Waals surface area (Å²) in [5.41, 5.74) is 3.43. The first-order valence-corrected chi connectivity index (χ1v) is 9.74. The van der Waals surface area contributed by atoms with Crippen molar-refractivity contribution in [2.45, 2.75) is 31.6 Å². The number of hydrogen-bond donors (Lipinski definition) is 1. The van der Waals surface area contributed by atoms with E-state index in [2.05, 4.69) is 41.5 Å². The Morgan fingerprint density at radius 2 is 1.81 bits per heavy atom. The fraction of sp³-hybridized carbons (Fsp3) is 0.348. The molecule has 3 aromatic rings. The fourth-order valence-corrected chi connectivity index (χ4v) is 4.07. The number of carbonyl (C=O) groups excluding carboxylic acids is 1. The van der Waals surface area contributed by atoms with Gasteiger partial charge in [0, 0.05) is 42.5 Å². The van der Waals surface area contributed by atoms with E-state index < -0.39 is 0 Å². The van der Waals surface area contributed by atoms with E-state index in [1.54, 1.807) is 7.11 Å². The molecule has 0 spiro atoms. The van der Waals surface area contributed by atoms with Crippen molar-refractivity contribution in [2.75, 3.05) is 20.2 Å².